The Morgan fingerprint density at radius 1 is 0.237 bits per heavy atom. The smallest absolute Gasteiger partial charge is 0.0713 e. The van der Waals surface area contributed by atoms with Gasteiger partial charge in [0.25, 0.3) is 0 Å². The van der Waals surface area contributed by atoms with Gasteiger partial charge in [0, 0.05) is 22.2 Å². The van der Waals surface area contributed by atoms with Gasteiger partial charge in [-0.15, -0.1) is 0 Å². The molecule has 0 radical (unpaired) electrons. The maximum Gasteiger partial charge on any atom is 0.0713 e. The Kier molecular flexibility index (Phi) is 10.9. The molecular formula is C75H53N. The highest BCUT2D eigenvalue weighted by molar-refractivity contribution is 5.96. The van der Waals surface area contributed by atoms with E-state index in [0.717, 1.165) is 39.3 Å². The average molecular weight is 968 g/mol. The van der Waals surface area contributed by atoms with E-state index < -0.39 is 5.41 Å². The van der Waals surface area contributed by atoms with Crippen LogP contribution in [0.5, 0.6) is 0 Å². The number of hydrogen-bond donors (Lipinski definition) is 0. The molecule has 14 rings (SSSR count). The largest absolute Gasteiger partial charge is 0.309 e. The lowest BCUT2D eigenvalue weighted by Crippen LogP contribution is -2.28. The molecule has 358 valence electrons. The number of rotatable bonds is 10. The first-order chi connectivity index (χ1) is 37.6. The maximum absolute atomic E-state index is 2.48. The Morgan fingerprint density at radius 2 is 0.605 bits per heavy atom. The van der Waals surface area contributed by atoms with Crippen molar-refractivity contribution in [3.63, 3.8) is 0 Å². The van der Waals surface area contributed by atoms with Gasteiger partial charge in [-0.1, -0.05) is 267 Å². The Morgan fingerprint density at radius 3 is 1.21 bits per heavy atom. The van der Waals surface area contributed by atoms with Gasteiger partial charge in [-0.05, 0) is 138 Å². The van der Waals surface area contributed by atoms with Gasteiger partial charge in [0.15, 0.2) is 0 Å². The predicted molar refractivity (Wildman–Crippen MR) is 318 cm³/mol. The summed E-state index contributed by atoms with van der Waals surface area (Å²) in [6.45, 7) is 2.40. The third-order valence-electron chi connectivity index (χ3n) is 16.5. The maximum atomic E-state index is 2.48. The minimum atomic E-state index is -0.479. The van der Waals surface area contributed by atoms with Gasteiger partial charge >= 0.3 is 0 Å². The highest BCUT2D eigenvalue weighted by Gasteiger charge is 2.46. The minimum Gasteiger partial charge on any atom is -0.309 e. The lowest BCUT2D eigenvalue weighted by Gasteiger charge is -2.34. The molecular weight excluding hydrogens is 915 g/mol. The summed E-state index contributed by atoms with van der Waals surface area (Å²) < 4.78 is 0. The normalized spacial score (nSPS) is 14.5. The van der Waals surface area contributed by atoms with Crippen LogP contribution in [0.3, 0.4) is 0 Å². The van der Waals surface area contributed by atoms with Crippen LogP contribution in [0.1, 0.15) is 45.9 Å². The molecule has 0 amide bonds. The highest BCUT2D eigenvalue weighted by atomic mass is 15.1. The van der Waals surface area contributed by atoms with Crippen molar-refractivity contribution in [2.45, 2.75) is 17.8 Å². The molecule has 76 heavy (non-hydrogen) atoms. The second-order valence-corrected chi connectivity index (χ2v) is 20.4. The van der Waals surface area contributed by atoms with Crippen LogP contribution < -0.4 is 4.90 Å². The number of anilines is 3. The first-order valence-corrected chi connectivity index (χ1v) is 26.5. The zero-order valence-corrected chi connectivity index (χ0v) is 42.3. The fourth-order valence-electron chi connectivity index (χ4n) is 12.9. The Hall–Kier alpha value is -9.56. The van der Waals surface area contributed by atoms with E-state index in [1.807, 2.05) is 0 Å². The first kappa shape index (κ1) is 45.1. The minimum absolute atomic E-state index is 0.325. The summed E-state index contributed by atoms with van der Waals surface area (Å²) in [6.07, 6.45) is 0. The van der Waals surface area contributed by atoms with E-state index in [1.165, 1.54) is 83.5 Å². The molecule has 2 aliphatic carbocycles. The van der Waals surface area contributed by atoms with Crippen molar-refractivity contribution in [3.05, 3.63) is 342 Å². The summed E-state index contributed by atoms with van der Waals surface area (Å²) in [6, 6.07) is 112. The molecule has 1 heteroatoms. The molecule has 0 saturated heterocycles. The van der Waals surface area contributed by atoms with Crippen LogP contribution in [0, 0.1) is 0 Å². The van der Waals surface area contributed by atoms with E-state index >= 15 is 0 Å². The van der Waals surface area contributed by atoms with Crippen molar-refractivity contribution < 1.29 is 0 Å². The third-order valence-corrected chi connectivity index (χ3v) is 16.5. The molecule has 0 heterocycles. The van der Waals surface area contributed by atoms with Gasteiger partial charge in [0.05, 0.1) is 16.8 Å². The second-order valence-electron chi connectivity index (χ2n) is 20.4. The SMILES string of the molecule is CC1(c2ccccc2)c2ccccc2-c2ccc(-c3ccccc3N(c3ccc(-c4ccc5c(c4)C(c4ccccc4)(c4ccccc4)c4ccccc4-5)cc3)c3ccccc3-c3ccc(-c4ccccc4)cc3)cc21. The van der Waals surface area contributed by atoms with E-state index in [2.05, 4.69) is 315 Å². The zero-order valence-electron chi connectivity index (χ0n) is 42.3. The Bertz CT molecular complexity index is 4050. The topological polar surface area (TPSA) is 3.24 Å². The van der Waals surface area contributed by atoms with Crippen molar-refractivity contribution in [1.29, 1.82) is 0 Å². The molecule has 0 saturated carbocycles. The molecule has 0 aliphatic heterocycles. The number of hydrogen-bond acceptors (Lipinski definition) is 1. The van der Waals surface area contributed by atoms with Gasteiger partial charge in [-0.25, -0.2) is 0 Å². The molecule has 0 aromatic heterocycles. The molecule has 12 aromatic rings. The molecule has 0 fully saturated rings. The summed E-state index contributed by atoms with van der Waals surface area (Å²) >= 11 is 0. The molecule has 0 N–H and O–H groups in total. The molecule has 1 unspecified atom stereocenters. The van der Waals surface area contributed by atoms with Crippen LogP contribution in [0.15, 0.2) is 303 Å². The van der Waals surface area contributed by atoms with Gasteiger partial charge in [-0.3, -0.25) is 0 Å². The third kappa shape index (κ3) is 7.15. The van der Waals surface area contributed by atoms with Crippen LogP contribution in [0.2, 0.25) is 0 Å². The fraction of sp³-hybridized carbons (Fsp3) is 0.0400. The predicted octanol–water partition coefficient (Wildman–Crippen LogP) is 19.5. The first-order valence-electron chi connectivity index (χ1n) is 26.5. The number of benzene rings is 12. The van der Waals surface area contributed by atoms with Crippen LogP contribution >= 0.6 is 0 Å². The highest BCUT2D eigenvalue weighted by Crippen LogP contribution is 2.58. The lowest BCUT2D eigenvalue weighted by atomic mass is 9.67. The van der Waals surface area contributed by atoms with E-state index in [-0.39, 0.29) is 5.41 Å². The summed E-state index contributed by atoms with van der Waals surface area (Å²) in [5, 5.41) is 0. The van der Waals surface area contributed by atoms with Crippen molar-refractivity contribution in [2.75, 3.05) is 4.90 Å². The lowest BCUT2D eigenvalue weighted by molar-refractivity contribution is 0.714. The molecule has 2 aliphatic rings. The van der Waals surface area contributed by atoms with E-state index in [9.17, 15) is 0 Å². The second kappa shape index (κ2) is 18.4. The zero-order chi connectivity index (χ0) is 50.6. The van der Waals surface area contributed by atoms with Gasteiger partial charge in [-0.2, -0.15) is 0 Å². The molecule has 1 atom stereocenters. The Balaban J connectivity index is 0.927. The molecule has 0 spiro atoms. The van der Waals surface area contributed by atoms with Crippen LogP contribution in [0.25, 0.3) is 66.8 Å². The van der Waals surface area contributed by atoms with Crippen molar-refractivity contribution in [1.82, 2.24) is 0 Å². The van der Waals surface area contributed by atoms with E-state index in [1.54, 1.807) is 0 Å². The quantitative estimate of drug-likeness (QED) is 0.132. The molecule has 1 nitrogen and oxygen atoms in total. The summed E-state index contributed by atoms with van der Waals surface area (Å²) in [5.74, 6) is 0. The summed E-state index contributed by atoms with van der Waals surface area (Å²) in [7, 11) is 0. The van der Waals surface area contributed by atoms with E-state index in [4.69, 9.17) is 0 Å². The van der Waals surface area contributed by atoms with Crippen LogP contribution in [-0.2, 0) is 10.8 Å². The number of fused-ring (bicyclic) bond motifs is 6. The standard InChI is InChI=1S/C75H53N/c1-74(58-24-8-3-9-25-58)68-34-18-14-32-64(68)66-49-45-57(51-70(66)74)63-31-17-21-37-73(63)76(72-36-20-16-30-62(72)55-40-38-53(39-41-55)52-22-6-2-7-23-52)61-46-42-54(43-47-61)56-44-48-67-65-33-15-19-35-69(65)75(71(67)50-56,59-26-10-4-11-27-59)60-28-12-5-13-29-60/h2-51H,1H3. The van der Waals surface area contributed by atoms with Crippen LogP contribution in [0.4, 0.5) is 17.1 Å². The monoisotopic (exact) mass is 967 g/mol. The number of nitrogens with zero attached hydrogens (tertiary/aromatic N) is 1. The van der Waals surface area contributed by atoms with Gasteiger partial charge in [0.2, 0.25) is 0 Å². The van der Waals surface area contributed by atoms with Gasteiger partial charge in [0.1, 0.15) is 0 Å². The fourth-order valence-corrected chi connectivity index (χ4v) is 12.9. The Labute approximate surface area is 446 Å². The summed E-state index contributed by atoms with van der Waals surface area (Å²) in [5.41, 5.74) is 26.1. The number of para-hydroxylation sites is 2. The molecule has 12 aromatic carbocycles. The van der Waals surface area contributed by atoms with Crippen LogP contribution in [-0.4, -0.2) is 0 Å². The van der Waals surface area contributed by atoms with Crippen molar-refractivity contribution in [3.8, 4) is 66.8 Å². The molecule has 0 bridgehead atoms. The van der Waals surface area contributed by atoms with Gasteiger partial charge < -0.3 is 4.90 Å². The van der Waals surface area contributed by atoms with Crippen molar-refractivity contribution >= 4 is 17.1 Å². The van der Waals surface area contributed by atoms with Crippen molar-refractivity contribution in [2.24, 2.45) is 0 Å². The summed E-state index contributed by atoms with van der Waals surface area (Å²) in [4.78, 5) is 2.48. The van der Waals surface area contributed by atoms with E-state index in [0.29, 0.717) is 0 Å². The average Bonchev–Trinajstić information content (AvgIpc) is 4.00.